The summed E-state index contributed by atoms with van der Waals surface area (Å²) in [5, 5.41) is 10.1. The third-order valence-electron chi connectivity index (χ3n) is 6.17. The summed E-state index contributed by atoms with van der Waals surface area (Å²) in [7, 11) is 0. The molecule has 4 aromatic carbocycles. The summed E-state index contributed by atoms with van der Waals surface area (Å²) in [5.41, 5.74) is 4.30. The lowest BCUT2D eigenvalue weighted by atomic mass is 10.1. The molecule has 0 aliphatic carbocycles. The standard InChI is InChI=1S/C31H25N3O5/c35-31(32-23-11-14-28-30(15-23)39-20-38-28)27-17-26(33-34-27)25-13-12-24(36-18-21-7-3-1-4-8-21)16-29(25)37-19-22-9-5-2-6-10-22/h1-17H,18-20H2,(H,32,35)(H,33,34). The van der Waals surface area contributed by atoms with Gasteiger partial charge in [-0.15, -0.1) is 0 Å². The highest BCUT2D eigenvalue weighted by Crippen LogP contribution is 2.35. The molecule has 39 heavy (non-hydrogen) atoms. The van der Waals surface area contributed by atoms with Crippen LogP contribution < -0.4 is 24.3 Å². The average molecular weight is 520 g/mol. The van der Waals surface area contributed by atoms with Crippen LogP contribution in [0.5, 0.6) is 23.0 Å². The van der Waals surface area contributed by atoms with Gasteiger partial charge in [-0.25, -0.2) is 0 Å². The van der Waals surface area contributed by atoms with Crippen LogP contribution in [0.1, 0.15) is 21.6 Å². The zero-order valence-corrected chi connectivity index (χ0v) is 20.9. The Labute approximate surface area is 225 Å². The molecule has 6 rings (SSSR count). The predicted octanol–water partition coefficient (Wildman–Crippen LogP) is 6.22. The van der Waals surface area contributed by atoms with Gasteiger partial charge in [0, 0.05) is 23.4 Å². The Bertz CT molecular complexity index is 1580. The minimum absolute atomic E-state index is 0.168. The summed E-state index contributed by atoms with van der Waals surface area (Å²) in [6.45, 7) is 0.976. The van der Waals surface area contributed by atoms with Crippen LogP contribution in [0.25, 0.3) is 11.3 Å². The number of carbonyl (C=O) groups is 1. The van der Waals surface area contributed by atoms with Crippen LogP contribution in [-0.4, -0.2) is 22.9 Å². The molecule has 8 heteroatoms. The van der Waals surface area contributed by atoms with E-state index in [1.54, 1.807) is 24.3 Å². The number of fused-ring (bicyclic) bond motifs is 1. The number of anilines is 1. The van der Waals surface area contributed by atoms with Crippen molar-refractivity contribution in [3.05, 3.63) is 120 Å². The fraction of sp³-hybridized carbons (Fsp3) is 0.0968. The predicted molar refractivity (Wildman–Crippen MR) is 146 cm³/mol. The van der Waals surface area contributed by atoms with E-state index in [0.29, 0.717) is 53.3 Å². The lowest BCUT2D eigenvalue weighted by Gasteiger charge is -2.13. The van der Waals surface area contributed by atoms with Gasteiger partial charge in [-0.3, -0.25) is 9.89 Å². The van der Waals surface area contributed by atoms with E-state index in [1.165, 1.54) is 0 Å². The van der Waals surface area contributed by atoms with Crippen LogP contribution in [0.3, 0.4) is 0 Å². The molecule has 0 atom stereocenters. The third-order valence-corrected chi connectivity index (χ3v) is 6.17. The highest BCUT2D eigenvalue weighted by molar-refractivity contribution is 6.03. The van der Waals surface area contributed by atoms with Gasteiger partial charge in [0.15, 0.2) is 11.5 Å². The molecule has 0 saturated heterocycles. The first kappa shape index (κ1) is 24.1. The number of aromatic nitrogens is 2. The summed E-state index contributed by atoms with van der Waals surface area (Å²) in [5.74, 6) is 2.17. The number of nitrogens with zero attached hydrogens (tertiary/aromatic N) is 1. The van der Waals surface area contributed by atoms with Crippen molar-refractivity contribution >= 4 is 11.6 Å². The van der Waals surface area contributed by atoms with Gasteiger partial charge in [0.25, 0.3) is 5.91 Å². The molecular weight excluding hydrogens is 494 g/mol. The molecule has 2 N–H and O–H groups in total. The first-order chi connectivity index (χ1) is 19.2. The van der Waals surface area contributed by atoms with Crippen molar-refractivity contribution in [3.63, 3.8) is 0 Å². The van der Waals surface area contributed by atoms with Crippen LogP contribution in [-0.2, 0) is 13.2 Å². The van der Waals surface area contributed by atoms with Crippen molar-refractivity contribution in [2.45, 2.75) is 13.2 Å². The maximum Gasteiger partial charge on any atom is 0.273 e. The van der Waals surface area contributed by atoms with E-state index in [-0.39, 0.29) is 12.7 Å². The fourth-order valence-corrected chi connectivity index (χ4v) is 4.15. The van der Waals surface area contributed by atoms with E-state index in [1.807, 2.05) is 78.9 Å². The van der Waals surface area contributed by atoms with Gasteiger partial charge in [0.1, 0.15) is 30.4 Å². The van der Waals surface area contributed by atoms with Gasteiger partial charge in [0.2, 0.25) is 6.79 Å². The second-order valence-corrected chi connectivity index (χ2v) is 8.90. The largest absolute Gasteiger partial charge is 0.489 e. The normalized spacial score (nSPS) is 11.7. The Hall–Kier alpha value is -5.24. The van der Waals surface area contributed by atoms with Crippen LogP contribution in [0.2, 0.25) is 0 Å². The second-order valence-electron chi connectivity index (χ2n) is 8.90. The number of hydrogen-bond acceptors (Lipinski definition) is 6. The zero-order chi connectivity index (χ0) is 26.4. The van der Waals surface area contributed by atoms with Crippen LogP contribution in [0, 0.1) is 0 Å². The summed E-state index contributed by atoms with van der Waals surface area (Å²) in [6, 6.07) is 32.4. The quantitative estimate of drug-likeness (QED) is 0.240. The van der Waals surface area contributed by atoms with Gasteiger partial charge in [0.05, 0.1) is 5.69 Å². The lowest BCUT2D eigenvalue weighted by molar-refractivity contribution is 0.102. The summed E-state index contributed by atoms with van der Waals surface area (Å²) in [6.07, 6.45) is 0. The Morgan fingerprint density at radius 3 is 2.28 bits per heavy atom. The van der Waals surface area contributed by atoms with E-state index in [2.05, 4.69) is 15.5 Å². The van der Waals surface area contributed by atoms with E-state index < -0.39 is 0 Å². The van der Waals surface area contributed by atoms with Crippen molar-refractivity contribution < 1.29 is 23.7 Å². The van der Waals surface area contributed by atoms with Gasteiger partial charge >= 0.3 is 0 Å². The average Bonchev–Trinajstić information content (AvgIpc) is 3.66. The second kappa shape index (κ2) is 11.0. The Balaban J connectivity index is 1.22. The smallest absolute Gasteiger partial charge is 0.273 e. The number of amides is 1. The number of benzene rings is 4. The Kier molecular flexibility index (Phi) is 6.81. The number of ether oxygens (including phenoxy) is 4. The maximum atomic E-state index is 12.9. The monoisotopic (exact) mass is 519 g/mol. The number of H-pyrrole nitrogens is 1. The number of hydrogen-bond donors (Lipinski definition) is 2. The first-order valence-electron chi connectivity index (χ1n) is 12.5. The number of carbonyl (C=O) groups excluding carboxylic acids is 1. The molecule has 0 bridgehead atoms. The highest BCUT2D eigenvalue weighted by Gasteiger charge is 2.18. The molecule has 8 nitrogen and oxygen atoms in total. The van der Waals surface area contributed by atoms with E-state index in [0.717, 1.165) is 16.7 Å². The number of rotatable bonds is 9. The third kappa shape index (κ3) is 5.70. The van der Waals surface area contributed by atoms with Crippen molar-refractivity contribution in [2.24, 2.45) is 0 Å². The first-order valence-corrected chi connectivity index (χ1v) is 12.5. The molecule has 0 unspecified atom stereocenters. The number of aromatic amines is 1. The molecule has 1 aromatic heterocycles. The Morgan fingerprint density at radius 1 is 0.795 bits per heavy atom. The van der Waals surface area contributed by atoms with Crippen molar-refractivity contribution in [3.8, 4) is 34.3 Å². The molecule has 0 spiro atoms. The maximum absolute atomic E-state index is 12.9. The molecule has 1 aliphatic rings. The van der Waals surface area contributed by atoms with E-state index >= 15 is 0 Å². The van der Waals surface area contributed by atoms with Gasteiger partial charge in [-0.2, -0.15) is 5.10 Å². The van der Waals surface area contributed by atoms with E-state index in [9.17, 15) is 4.79 Å². The summed E-state index contributed by atoms with van der Waals surface area (Å²) < 4.78 is 23.0. The molecule has 1 amide bonds. The molecule has 2 heterocycles. The minimum atomic E-state index is -0.331. The van der Waals surface area contributed by atoms with Gasteiger partial charge in [-0.1, -0.05) is 60.7 Å². The highest BCUT2D eigenvalue weighted by atomic mass is 16.7. The molecular formula is C31H25N3O5. The van der Waals surface area contributed by atoms with Crippen LogP contribution in [0.4, 0.5) is 5.69 Å². The number of nitrogens with one attached hydrogen (secondary N) is 2. The molecule has 0 saturated carbocycles. The lowest BCUT2D eigenvalue weighted by Crippen LogP contribution is -2.12. The van der Waals surface area contributed by atoms with Crippen molar-refractivity contribution in [1.29, 1.82) is 0 Å². The molecule has 194 valence electrons. The van der Waals surface area contributed by atoms with Crippen molar-refractivity contribution in [1.82, 2.24) is 10.2 Å². The summed E-state index contributed by atoms with van der Waals surface area (Å²) in [4.78, 5) is 12.9. The van der Waals surface area contributed by atoms with E-state index in [4.69, 9.17) is 18.9 Å². The van der Waals surface area contributed by atoms with Crippen LogP contribution >= 0.6 is 0 Å². The zero-order valence-electron chi connectivity index (χ0n) is 20.9. The minimum Gasteiger partial charge on any atom is -0.489 e. The molecule has 0 fully saturated rings. The molecule has 1 aliphatic heterocycles. The molecule has 0 radical (unpaired) electrons. The topological polar surface area (TPSA) is 94.7 Å². The van der Waals surface area contributed by atoms with Gasteiger partial charge in [-0.05, 0) is 41.5 Å². The van der Waals surface area contributed by atoms with Crippen molar-refractivity contribution in [2.75, 3.05) is 12.1 Å². The van der Waals surface area contributed by atoms with Gasteiger partial charge < -0.3 is 24.3 Å². The molecule has 5 aromatic rings. The Morgan fingerprint density at radius 2 is 1.51 bits per heavy atom. The van der Waals surface area contributed by atoms with Crippen LogP contribution in [0.15, 0.2) is 103 Å². The SMILES string of the molecule is O=C(Nc1ccc2c(c1)OCO2)c1cc(-c2ccc(OCc3ccccc3)cc2OCc2ccccc2)n[nH]1. The fourth-order valence-electron chi connectivity index (χ4n) is 4.15. The summed E-state index contributed by atoms with van der Waals surface area (Å²) >= 11 is 0.